The lowest BCUT2D eigenvalue weighted by molar-refractivity contribution is 0.0451. The van der Waals surface area contributed by atoms with E-state index in [9.17, 15) is 4.79 Å². The third-order valence-corrected chi connectivity index (χ3v) is 2.57. The Morgan fingerprint density at radius 2 is 2.46 bits per heavy atom. The maximum atomic E-state index is 10.4. The SMILES string of the molecule is O=C(O)c1coc(SC2COC2)n1. The highest BCUT2D eigenvalue weighted by Crippen LogP contribution is 2.26. The van der Waals surface area contributed by atoms with Gasteiger partial charge in [-0.3, -0.25) is 0 Å². The molecule has 1 saturated heterocycles. The first-order valence-corrected chi connectivity index (χ1v) is 4.57. The molecular formula is C7H7NO4S. The number of carboxylic acids is 1. The van der Waals surface area contributed by atoms with Crippen molar-refractivity contribution in [3.63, 3.8) is 0 Å². The van der Waals surface area contributed by atoms with Crippen molar-refractivity contribution in [3.05, 3.63) is 12.0 Å². The number of hydrogen-bond acceptors (Lipinski definition) is 5. The Morgan fingerprint density at radius 3 is 2.92 bits per heavy atom. The molecule has 0 atom stereocenters. The molecule has 1 aromatic heterocycles. The lowest BCUT2D eigenvalue weighted by Gasteiger charge is -2.23. The van der Waals surface area contributed by atoms with E-state index in [2.05, 4.69) is 4.98 Å². The molecule has 1 fully saturated rings. The van der Waals surface area contributed by atoms with E-state index >= 15 is 0 Å². The molecule has 13 heavy (non-hydrogen) atoms. The van der Waals surface area contributed by atoms with Crippen LogP contribution in [0.15, 0.2) is 15.9 Å². The molecule has 6 heteroatoms. The highest BCUT2D eigenvalue weighted by Gasteiger charge is 2.22. The van der Waals surface area contributed by atoms with Gasteiger partial charge in [0.2, 0.25) is 0 Å². The zero-order valence-corrected chi connectivity index (χ0v) is 7.41. The highest BCUT2D eigenvalue weighted by molar-refractivity contribution is 7.99. The van der Waals surface area contributed by atoms with Gasteiger partial charge < -0.3 is 14.3 Å². The minimum Gasteiger partial charge on any atom is -0.476 e. The third kappa shape index (κ3) is 1.84. The normalized spacial score (nSPS) is 16.9. The largest absolute Gasteiger partial charge is 0.476 e. The monoisotopic (exact) mass is 201 g/mol. The summed E-state index contributed by atoms with van der Waals surface area (Å²) < 4.78 is 9.90. The molecule has 0 aliphatic carbocycles. The predicted octanol–water partition coefficient (Wildman–Crippen LogP) is 0.864. The van der Waals surface area contributed by atoms with Crippen molar-refractivity contribution in [1.29, 1.82) is 0 Å². The van der Waals surface area contributed by atoms with Crippen molar-refractivity contribution >= 4 is 17.7 Å². The molecule has 70 valence electrons. The molecule has 0 spiro atoms. The number of carboxylic acid groups (broad SMARTS) is 1. The zero-order valence-electron chi connectivity index (χ0n) is 6.60. The Hall–Kier alpha value is -1.01. The van der Waals surface area contributed by atoms with Crippen molar-refractivity contribution < 1.29 is 19.1 Å². The molecule has 2 rings (SSSR count). The van der Waals surface area contributed by atoms with Crippen LogP contribution in [0.1, 0.15) is 10.5 Å². The van der Waals surface area contributed by atoms with Crippen LogP contribution in [-0.2, 0) is 4.74 Å². The average molecular weight is 201 g/mol. The van der Waals surface area contributed by atoms with Gasteiger partial charge in [-0.15, -0.1) is 0 Å². The number of carbonyl (C=O) groups is 1. The zero-order chi connectivity index (χ0) is 9.26. The first kappa shape index (κ1) is 8.58. The standard InChI is InChI=1S/C7H7NO4S/c9-6(10)5-3-12-7(8-5)13-4-1-11-2-4/h3-4H,1-2H2,(H,9,10). The van der Waals surface area contributed by atoms with Gasteiger partial charge in [0.05, 0.1) is 18.5 Å². The van der Waals surface area contributed by atoms with Crippen LogP contribution in [0.2, 0.25) is 0 Å². The summed E-state index contributed by atoms with van der Waals surface area (Å²) in [4.78, 5) is 14.2. The van der Waals surface area contributed by atoms with Crippen LogP contribution in [-0.4, -0.2) is 34.5 Å². The molecule has 0 radical (unpaired) electrons. The van der Waals surface area contributed by atoms with Gasteiger partial charge in [0.15, 0.2) is 5.69 Å². The lowest BCUT2D eigenvalue weighted by Crippen LogP contribution is -2.30. The number of ether oxygens (including phenoxy) is 1. The molecule has 0 unspecified atom stereocenters. The number of rotatable bonds is 3. The van der Waals surface area contributed by atoms with E-state index in [1.165, 1.54) is 11.8 Å². The average Bonchev–Trinajstić information content (AvgIpc) is 2.44. The molecule has 0 aromatic carbocycles. The Bertz CT molecular complexity index is 320. The van der Waals surface area contributed by atoms with Crippen LogP contribution >= 0.6 is 11.8 Å². The summed E-state index contributed by atoms with van der Waals surface area (Å²) in [6.07, 6.45) is 1.14. The number of oxazole rings is 1. The van der Waals surface area contributed by atoms with Crippen molar-refractivity contribution in [1.82, 2.24) is 4.98 Å². The smallest absolute Gasteiger partial charge is 0.357 e. The molecule has 1 aromatic rings. The summed E-state index contributed by atoms with van der Waals surface area (Å²) in [5, 5.41) is 9.29. The maximum Gasteiger partial charge on any atom is 0.357 e. The first-order chi connectivity index (χ1) is 6.25. The number of aromatic carboxylic acids is 1. The second kappa shape index (κ2) is 3.39. The van der Waals surface area contributed by atoms with Crippen LogP contribution < -0.4 is 0 Å². The van der Waals surface area contributed by atoms with Gasteiger partial charge >= 0.3 is 5.97 Å². The second-order valence-corrected chi connectivity index (χ2v) is 3.83. The van der Waals surface area contributed by atoms with E-state index < -0.39 is 5.97 Å². The molecule has 0 saturated carbocycles. The number of nitrogens with zero attached hydrogens (tertiary/aromatic N) is 1. The van der Waals surface area contributed by atoms with Crippen molar-refractivity contribution in [2.45, 2.75) is 10.5 Å². The fourth-order valence-corrected chi connectivity index (χ4v) is 1.70. The van der Waals surface area contributed by atoms with Crippen LogP contribution in [0.5, 0.6) is 0 Å². The van der Waals surface area contributed by atoms with Gasteiger partial charge in [0.1, 0.15) is 6.26 Å². The first-order valence-electron chi connectivity index (χ1n) is 3.69. The quantitative estimate of drug-likeness (QED) is 0.782. The molecule has 0 bridgehead atoms. The molecule has 1 aliphatic heterocycles. The van der Waals surface area contributed by atoms with E-state index in [4.69, 9.17) is 14.3 Å². The summed E-state index contributed by atoms with van der Waals surface area (Å²) in [5.41, 5.74) is -0.0530. The highest BCUT2D eigenvalue weighted by atomic mass is 32.2. The van der Waals surface area contributed by atoms with Crippen LogP contribution in [0.3, 0.4) is 0 Å². The summed E-state index contributed by atoms with van der Waals surface area (Å²) in [5.74, 6) is -1.07. The van der Waals surface area contributed by atoms with Crippen molar-refractivity contribution in [2.24, 2.45) is 0 Å². The molecule has 0 amide bonds. The van der Waals surface area contributed by atoms with Gasteiger partial charge in [-0.2, -0.15) is 4.98 Å². The van der Waals surface area contributed by atoms with Crippen LogP contribution in [0.4, 0.5) is 0 Å². The van der Waals surface area contributed by atoms with Crippen molar-refractivity contribution in [3.8, 4) is 0 Å². The maximum absolute atomic E-state index is 10.4. The van der Waals surface area contributed by atoms with E-state index in [1.807, 2.05) is 0 Å². The Balaban J connectivity index is 2.00. The fourth-order valence-electron chi connectivity index (χ4n) is 0.834. The van der Waals surface area contributed by atoms with E-state index in [0.717, 1.165) is 6.26 Å². The topological polar surface area (TPSA) is 72.6 Å². The van der Waals surface area contributed by atoms with E-state index in [1.54, 1.807) is 0 Å². The van der Waals surface area contributed by atoms with Crippen molar-refractivity contribution in [2.75, 3.05) is 13.2 Å². The Labute approximate surface area is 78.1 Å². The Morgan fingerprint density at radius 1 is 1.69 bits per heavy atom. The number of thioether (sulfide) groups is 1. The van der Waals surface area contributed by atoms with Gasteiger partial charge in [0, 0.05) is 0 Å². The summed E-state index contributed by atoms with van der Waals surface area (Å²) in [6, 6.07) is 0. The molecule has 2 heterocycles. The molecule has 1 N–H and O–H groups in total. The lowest BCUT2D eigenvalue weighted by atomic mass is 10.4. The predicted molar refractivity (Wildman–Crippen MR) is 43.9 cm³/mol. The molecule has 5 nitrogen and oxygen atoms in total. The van der Waals surface area contributed by atoms with Gasteiger partial charge in [-0.25, -0.2) is 4.79 Å². The Kier molecular flexibility index (Phi) is 2.24. The van der Waals surface area contributed by atoms with Gasteiger partial charge in [0.25, 0.3) is 5.22 Å². The van der Waals surface area contributed by atoms with Crippen LogP contribution in [0.25, 0.3) is 0 Å². The molecule has 1 aliphatic rings. The second-order valence-electron chi connectivity index (χ2n) is 2.58. The minimum atomic E-state index is -1.07. The van der Waals surface area contributed by atoms with Gasteiger partial charge in [-0.05, 0) is 0 Å². The summed E-state index contributed by atoms with van der Waals surface area (Å²) in [6.45, 7) is 1.35. The number of aromatic nitrogens is 1. The molecular weight excluding hydrogens is 194 g/mol. The van der Waals surface area contributed by atoms with Gasteiger partial charge in [-0.1, -0.05) is 11.8 Å². The summed E-state index contributed by atoms with van der Waals surface area (Å²) >= 11 is 1.40. The fraction of sp³-hybridized carbons (Fsp3) is 0.429. The third-order valence-electron chi connectivity index (χ3n) is 1.58. The number of hydrogen-bond donors (Lipinski definition) is 1. The van der Waals surface area contributed by atoms with E-state index in [0.29, 0.717) is 23.7 Å². The summed E-state index contributed by atoms with van der Waals surface area (Å²) in [7, 11) is 0. The van der Waals surface area contributed by atoms with E-state index in [-0.39, 0.29) is 5.69 Å². The van der Waals surface area contributed by atoms with Crippen LogP contribution in [0, 0.1) is 0 Å². The minimum absolute atomic E-state index is 0.0530.